The minimum atomic E-state index is -1.66. The van der Waals surface area contributed by atoms with Crippen LogP contribution in [-0.4, -0.2) is 25.4 Å². The quantitative estimate of drug-likeness (QED) is 0.352. The van der Waals surface area contributed by atoms with Crippen LogP contribution in [0.25, 0.3) is 11.1 Å². The third kappa shape index (κ3) is 7.85. The molecule has 0 aromatic heterocycles. The number of nitrogens with zero attached hydrogens (tertiary/aromatic N) is 1. The van der Waals surface area contributed by atoms with Gasteiger partial charge in [-0.1, -0.05) is 69.9 Å². The molecular weight excluding hydrogens is 472 g/mol. The number of phenolic OH excluding ortho intramolecular Hbond substituents is 1. The van der Waals surface area contributed by atoms with E-state index in [1.807, 2.05) is 24.4 Å². The number of phenols is 1. The molecule has 6 heteroatoms. The van der Waals surface area contributed by atoms with Crippen molar-refractivity contribution in [2.75, 3.05) is 0 Å². The molecule has 0 radical (unpaired) electrons. The Labute approximate surface area is 183 Å². The van der Waals surface area contributed by atoms with Gasteiger partial charge in [0.25, 0.3) is 0 Å². The van der Waals surface area contributed by atoms with Crippen molar-refractivity contribution < 1.29 is 26.0 Å². The number of aliphatic imine (C=N–C) groups is 1. The van der Waals surface area contributed by atoms with Crippen molar-refractivity contribution in [2.45, 2.75) is 52.4 Å². The van der Waals surface area contributed by atoms with E-state index in [0.29, 0.717) is 11.8 Å². The van der Waals surface area contributed by atoms with Crippen LogP contribution in [0.15, 0.2) is 47.5 Å². The molecule has 0 bridgehead atoms. The molecule has 0 amide bonds. The molecule has 0 unspecified atom stereocenters. The van der Waals surface area contributed by atoms with E-state index in [1.54, 1.807) is 0 Å². The molecule has 2 nitrogen and oxygen atoms in total. The summed E-state index contributed by atoms with van der Waals surface area (Å²) in [7, 11) is 8.21. The third-order valence-corrected chi connectivity index (χ3v) is 6.42. The van der Waals surface area contributed by atoms with Gasteiger partial charge in [0.2, 0.25) is 0 Å². The number of aromatic hydroxyl groups is 1. The minimum absolute atomic E-state index is 0.320. The fourth-order valence-corrected chi connectivity index (χ4v) is 4.25. The number of rotatable bonds is 6. The van der Waals surface area contributed by atoms with Crippen LogP contribution in [0, 0.1) is 0 Å². The summed E-state index contributed by atoms with van der Waals surface area (Å²) < 4.78 is 0. The molecule has 0 aliphatic carbocycles. The molecule has 0 atom stereocenters. The summed E-state index contributed by atoms with van der Waals surface area (Å²) in [5.74, 6) is 0.406. The van der Waals surface area contributed by atoms with Crippen LogP contribution in [0.5, 0.6) is 5.75 Å². The Morgan fingerprint density at radius 3 is 2.07 bits per heavy atom. The van der Waals surface area contributed by atoms with Gasteiger partial charge in [0, 0.05) is 17.8 Å². The van der Waals surface area contributed by atoms with Crippen LogP contribution in [0.1, 0.15) is 32.3 Å². The van der Waals surface area contributed by atoms with E-state index < -0.39 is 28.9 Å². The standard InChI is InChI=1S/C21H29NOSi.2ClH.Zr/c1-6-19(7-2)22-15-18-13-17(16-11-9-8-10-12-16)14-20(21(18)23)24(3,4)5;;;/h8-15,19,23H,6-7H2,1-5H3;2*1H;/q;;;+2/p-2. The molecular formula is C21H29Cl2NOSiZr. The zero-order chi connectivity index (χ0) is 20.4. The molecule has 0 saturated heterocycles. The van der Waals surface area contributed by atoms with Crippen molar-refractivity contribution in [3.8, 4) is 16.9 Å². The molecule has 1 N–H and O–H groups in total. The fourth-order valence-electron chi connectivity index (χ4n) is 2.81. The summed E-state index contributed by atoms with van der Waals surface area (Å²) in [6.45, 7) is 11.1. The summed E-state index contributed by atoms with van der Waals surface area (Å²) in [5, 5.41) is 11.9. The van der Waals surface area contributed by atoms with Gasteiger partial charge in [0.1, 0.15) is 5.75 Å². The van der Waals surface area contributed by atoms with Crippen molar-refractivity contribution >= 4 is 36.5 Å². The van der Waals surface area contributed by atoms with Gasteiger partial charge in [-0.05, 0) is 35.2 Å². The molecule has 0 spiro atoms. The van der Waals surface area contributed by atoms with Gasteiger partial charge in [-0.2, -0.15) is 0 Å². The monoisotopic (exact) mass is 499 g/mol. The Hall–Kier alpha value is -0.410. The van der Waals surface area contributed by atoms with Crippen LogP contribution in [-0.2, 0) is 20.8 Å². The van der Waals surface area contributed by atoms with E-state index in [0.717, 1.165) is 29.2 Å². The van der Waals surface area contributed by atoms with Gasteiger partial charge >= 0.3 is 37.9 Å². The molecule has 2 rings (SSSR count). The Bertz CT molecular complexity index is 729. The second kappa shape index (κ2) is 12.2. The number of halogens is 2. The molecule has 2 aromatic rings. The first kappa shape index (κ1) is 24.6. The maximum absolute atomic E-state index is 10.8. The zero-order valence-corrected chi connectivity index (χ0v) is 21.7. The molecule has 0 heterocycles. The predicted molar refractivity (Wildman–Crippen MR) is 120 cm³/mol. The van der Waals surface area contributed by atoms with E-state index >= 15 is 0 Å². The van der Waals surface area contributed by atoms with Crippen molar-refractivity contribution in [1.82, 2.24) is 0 Å². The first-order chi connectivity index (χ1) is 12.8. The summed E-state index contributed by atoms with van der Waals surface area (Å²) in [4.78, 5) is 4.68. The van der Waals surface area contributed by atoms with E-state index in [9.17, 15) is 5.11 Å². The number of benzene rings is 2. The molecule has 2 aromatic carbocycles. The Balaban J connectivity index is 0.00000114. The van der Waals surface area contributed by atoms with Crippen LogP contribution in [0.4, 0.5) is 0 Å². The summed E-state index contributed by atoms with van der Waals surface area (Å²) in [5.41, 5.74) is 3.16. The normalized spacial score (nSPS) is 11.4. The maximum atomic E-state index is 10.8. The van der Waals surface area contributed by atoms with Crippen molar-refractivity contribution in [1.29, 1.82) is 0 Å². The molecule has 0 fully saturated rings. The second-order valence-electron chi connectivity index (χ2n) is 7.40. The van der Waals surface area contributed by atoms with E-state index in [1.165, 1.54) is 5.56 Å². The van der Waals surface area contributed by atoms with E-state index in [2.05, 4.69) is 62.7 Å². The number of hydrogen-bond acceptors (Lipinski definition) is 2. The average molecular weight is 502 g/mol. The molecule has 0 saturated carbocycles. The third-order valence-electron chi connectivity index (χ3n) is 4.42. The van der Waals surface area contributed by atoms with Gasteiger partial charge in [-0.15, -0.1) is 0 Å². The molecule has 0 aliphatic rings. The average Bonchev–Trinajstić information content (AvgIpc) is 2.64. The zero-order valence-electron chi connectivity index (χ0n) is 16.8. The first-order valence-electron chi connectivity index (χ1n) is 9.20. The number of hydrogen-bond donors (Lipinski definition) is 1. The Morgan fingerprint density at radius 1 is 1.04 bits per heavy atom. The predicted octanol–water partition coefficient (Wildman–Crippen LogP) is 6.59. The Morgan fingerprint density at radius 2 is 1.59 bits per heavy atom. The van der Waals surface area contributed by atoms with Crippen LogP contribution < -0.4 is 5.19 Å². The first-order valence-corrected chi connectivity index (χ1v) is 19.0. The van der Waals surface area contributed by atoms with Crippen molar-refractivity contribution in [3.05, 3.63) is 48.0 Å². The summed E-state index contributed by atoms with van der Waals surface area (Å²) in [6.07, 6.45) is 3.91. The van der Waals surface area contributed by atoms with Gasteiger partial charge in [0.05, 0.1) is 8.07 Å². The second-order valence-corrected chi connectivity index (χ2v) is 16.2. The van der Waals surface area contributed by atoms with Crippen molar-refractivity contribution in [3.63, 3.8) is 0 Å². The topological polar surface area (TPSA) is 32.6 Å². The SMILES string of the molecule is CCC(CC)N=Cc1cc(-c2ccccc2)cc([Si](C)(C)C)c1O.[Cl][Zr][Cl]. The fraction of sp³-hybridized carbons (Fsp3) is 0.381. The van der Waals surface area contributed by atoms with Gasteiger partial charge in [-0.25, -0.2) is 0 Å². The summed E-state index contributed by atoms with van der Waals surface area (Å²) in [6, 6.07) is 14.9. The van der Waals surface area contributed by atoms with Crippen LogP contribution >= 0.6 is 17.0 Å². The Kier molecular flexibility index (Phi) is 11.1. The summed E-state index contributed by atoms with van der Waals surface area (Å²) >= 11 is -0.826. The van der Waals surface area contributed by atoms with Crippen LogP contribution in [0.3, 0.4) is 0 Å². The molecule has 146 valence electrons. The van der Waals surface area contributed by atoms with Crippen molar-refractivity contribution in [2.24, 2.45) is 4.99 Å². The van der Waals surface area contributed by atoms with Gasteiger partial charge in [-0.3, -0.25) is 4.99 Å². The van der Waals surface area contributed by atoms with Gasteiger partial charge in [0.15, 0.2) is 0 Å². The van der Waals surface area contributed by atoms with Crippen LogP contribution in [0.2, 0.25) is 19.6 Å². The van der Waals surface area contributed by atoms with Gasteiger partial charge < -0.3 is 5.11 Å². The molecule has 27 heavy (non-hydrogen) atoms. The molecule has 0 aliphatic heterocycles. The van der Waals surface area contributed by atoms with E-state index in [4.69, 9.17) is 17.0 Å². The van der Waals surface area contributed by atoms with E-state index in [-0.39, 0.29) is 0 Å².